The van der Waals surface area contributed by atoms with Crippen LogP contribution in [0.3, 0.4) is 0 Å². The Morgan fingerprint density at radius 3 is 2.89 bits per heavy atom. The third-order valence-corrected chi connectivity index (χ3v) is 2.99. The van der Waals surface area contributed by atoms with Gasteiger partial charge in [0.25, 0.3) is 0 Å². The lowest BCUT2D eigenvalue weighted by Crippen LogP contribution is -2.24. The van der Waals surface area contributed by atoms with E-state index in [2.05, 4.69) is 15.9 Å². The molecule has 0 saturated heterocycles. The number of rotatable bonds is 8. The first-order chi connectivity index (χ1) is 8.67. The smallest absolute Gasteiger partial charge is 0.333 e. The molecule has 0 aliphatic heterocycles. The lowest BCUT2D eigenvalue weighted by molar-refractivity contribution is -0.148. The van der Waals surface area contributed by atoms with Crippen LogP contribution in [0.15, 0.2) is 24.3 Å². The Bertz CT molecular complexity index is 381. The monoisotopic (exact) mass is 316 g/mol. The molecule has 0 radical (unpaired) electrons. The number of hydrogen-bond acceptors (Lipinski definition) is 3. The van der Waals surface area contributed by atoms with Gasteiger partial charge in [0.2, 0.25) is 0 Å². The van der Waals surface area contributed by atoms with Crippen molar-refractivity contribution in [3.8, 4) is 5.75 Å². The van der Waals surface area contributed by atoms with Gasteiger partial charge in [0.05, 0.1) is 6.61 Å². The lowest BCUT2D eigenvalue weighted by atomic mass is 10.1. The molecular formula is C13H17BrO4. The highest BCUT2D eigenvalue weighted by atomic mass is 79.9. The summed E-state index contributed by atoms with van der Waals surface area (Å²) in [5.74, 6) is -0.197. The minimum absolute atomic E-state index is 0.335. The molecule has 0 saturated carbocycles. The number of alkyl halides is 1. The molecule has 5 heteroatoms. The predicted molar refractivity (Wildman–Crippen MR) is 72.5 cm³/mol. The van der Waals surface area contributed by atoms with Crippen LogP contribution in [0.2, 0.25) is 0 Å². The second-order valence-corrected chi connectivity index (χ2v) is 4.60. The van der Waals surface area contributed by atoms with E-state index in [0.717, 1.165) is 23.1 Å². The summed E-state index contributed by atoms with van der Waals surface area (Å²) in [7, 11) is 1.40. The van der Waals surface area contributed by atoms with E-state index in [4.69, 9.17) is 14.6 Å². The Morgan fingerprint density at radius 1 is 1.50 bits per heavy atom. The number of benzene rings is 1. The summed E-state index contributed by atoms with van der Waals surface area (Å²) < 4.78 is 10.5. The van der Waals surface area contributed by atoms with Crippen molar-refractivity contribution in [1.29, 1.82) is 0 Å². The quantitative estimate of drug-likeness (QED) is 0.591. The molecule has 0 aromatic heterocycles. The molecule has 0 fully saturated rings. The minimum atomic E-state index is -0.955. The van der Waals surface area contributed by atoms with Gasteiger partial charge in [0.1, 0.15) is 5.75 Å². The molecule has 0 aliphatic carbocycles. The fourth-order valence-electron chi connectivity index (χ4n) is 1.49. The number of aliphatic carboxylic acids is 1. The predicted octanol–water partition coefficient (Wildman–Crippen LogP) is 2.49. The van der Waals surface area contributed by atoms with Crippen molar-refractivity contribution in [2.45, 2.75) is 18.9 Å². The van der Waals surface area contributed by atoms with Gasteiger partial charge in [-0.1, -0.05) is 28.1 Å². The SMILES string of the molecule is COC(Cc1cccc(OCCCBr)c1)C(=O)O. The van der Waals surface area contributed by atoms with E-state index in [1.807, 2.05) is 24.3 Å². The zero-order chi connectivity index (χ0) is 13.4. The molecule has 18 heavy (non-hydrogen) atoms. The van der Waals surface area contributed by atoms with Crippen molar-refractivity contribution < 1.29 is 19.4 Å². The summed E-state index contributed by atoms with van der Waals surface area (Å²) in [6, 6.07) is 7.43. The number of carboxylic acids is 1. The number of ether oxygens (including phenoxy) is 2. The normalized spacial score (nSPS) is 12.1. The van der Waals surface area contributed by atoms with E-state index in [1.54, 1.807) is 0 Å². The fourth-order valence-corrected chi connectivity index (χ4v) is 1.72. The highest BCUT2D eigenvalue weighted by Crippen LogP contribution is 2.16. The first-order valence-corrected chi connectivity index (χ1v) is 6.83. The van der Waals surface area contributed by atoms with Gasteiger partial charge in [0, 0.05) is 18.9 Å². The highest BCUT2D eigenvalue weighted by Gasteiger charge is 2.16. The summed E-state index contributed by atoms with van der Waals surface area (Å²) in [6.07, 6.45) is 0.449. The third kappa shape index (κ3) is 5.06. The molecule has 0 heterocycles. The van der Waals surface area contributed by atoms with Crippen molar-refractivity contribution in [3.05, 3.63) is 29.8 Å². The molecule has 100 valence electrons. The van der Waals surface area contributed by atoms with E-state index in [1.165, 1.54) is 7.11 Å². The Balaban J connectivity index is 2.60. The Kier molecular flexibility index (Phi) is 6.75. The standard InChI is InChI=1S/C13H17BrO4/c1-17-12(13(15)16)9-10-4-2-5-11(8-10)18-7-3-6-14/h2,4-5,8,12H,3,6-7,9H2,1H3,(H,15,16). The average molecular weight is 317 g/mol. The maximum Gasteiger partial charge on any atom is 0.333 e. The Labute approximate surface area is 115 Å². The van der Waals surface area contributed by atoms with Crippen LogP contribution in [-0.2, 0) is 16.0 Å². The van der Waals surface area contributed by atoms with Gasteiger partial charge < -0.3 is 14.6 Å². The molecule has 0 spiro atoms. The maximum absolute atomic E-state index is 10.9. The zero-order valence-electron chi connectivity index (χ0n) is 10.3. The molecule has 0 aliphatic rings. The van der Waals surface area contributed by atoms with E-state index >= 15 is 0 Å². The van der Waals surface area contributed by atoms with Gasteiger partial charge in [-0.3, -0.25) is 0 Å². The van der Waals surface area contributed by atoms with Gasteiger partial charge >= 0.3 is 5.97 Å². The number of hydrogen-bond donors (Lipinski definition) is 1. The second kappa shape index (κ2) is 8.11. The number of carboxylic acid groups (broad SMARTS) is 1. The van der Waals surface area contributed by atoms with Crippen LogP contribution in [0.25, 0.3) is 0 Å². The van der Waals surface area contributed by atoms with Gasteiger partial charge in [-0.2, -0.15) is 0 Å². The largest absolute Gasteiger partial charge is 0.494 e. The van der Waals surface area contributed by atoms with Crippen LogP contribution in [0, 0.1) is 0 Å². The Morgan fingerprint density at radius 2 is 2.28 bits per heavy atom. The van der Waals surface area contributed by atoms with Crippen LogP contribution in [0.5, 0.6) is 5.75 Å². The van der Waals surface area contributed by atoms with Crippen LogP contribution in [0.4, 0.5) is 0 Å². The van der Waals surface area contributed by atoms with Crippen LogP contribution in [-0.4, -0.2) is 36.2 Å². The summed E-state index contributed by atoms with van der Waals surface area (Å²) in [6.45, 7) is 0.640. The average Bonchev–Trinajstić information content (AvgIpc) is 2.36. The molecule has 1 rings (SSSR count). The summed E-state index contributed by atoms with van der Waals surface area (Å²) >= 11 is 3.33. The lowest BCUT2D eigenvalue weighted by Gasteiger charge is -2.11. The molecular weight excluding hydrogens is 300 g/mol. The van der Waals surface area contributed by atoms with Crippen molar-refractivity contribution >= 4 is 21.9 Å². The van der Waals surface area contributed by atoms with E-state index in [9.17, 15) is 4.79 Å². The molecule has 1 aromatic rings. The first kappa shape index (κ1) is 15.0. The van der Waals surface area contributed by atoms with Crippen LogP contribution in [0.1, 0.15) is 12.0 Å². The number of methoxy groups -OCH3 is 1. The molecule has 0 amide bonds. The van der Waals surface area contributed by atoms with Gasteiger partial charge in [0.15, 0.2) is 6.10 Å². The number of carbonyl (C=O) groups is 1. The fraction of sp³-hybridized carbons (Fsp3) is 0.462. The molecule has 1 unspecified atom stereocenters. The minimum Gasteiger partial charge on any atom is -0.494 e. The Hall–Kier alpha value is -1.07. The van der Waals surface area contributed by atoms with E-state index < -0.39 is 12.1 Å². The first-order valence-electron chi connectivity index (χ1n) is 5.70. The van der Waals surface area contributed by atoms with Crippen molar-refractivity contribution in [3.63, 3.8) is 0 Å². The van der Waals surface area contributed by atoms with E-state index in [0.29, 0.717) is 13.0 Å². The summed E-state index contributed by atoms with van der Waals surface area (Å²) in [4.78, 5) is 10.9. The van der Waals surface area contributed by atoms with Gasteiger partial charge in [-0.05, 0) is 24.1 Å². The van der Waals surface area contributed by atoms with Crippen molar-refractivity contribution in [2.24, 2.45) is 0 Å². The third-order valence-electron chi connectivity index (χ3n) is 2.43. The molecule has 4 nitrogen and oxygen atoms in total. The van der Waals surface area contributed by atoms with E-state index in [-0.39, 0.29) is 0 Å². The van der Waals surface area contributed by atoms with Crippen LogP contribution < -0.4 is 4.74 Å². The molecule has 1 aromatic carbocycles. The van der Waals surface area contributed by atoms with Gasteiger partial charge in [-0.15, -0.1) is 0 Å². The van der Waals surface area contributed by atoms with Crippen molar-refractivity contribution in [1.82, 2.24) is 0 Å². The topological polar surface area (TPSA) is 55.8 Å². The summed E-state index contributed by atoms with van der Waals surface area (Å²) in [5, 5.41) is 9.82. The number of halogens is 1. The maximum atomic E-state index is 10.9. The molecule has 1 N–H and O–H groups in total. The second-order valence-electron chi connectivity index (χ2n) is 3.81. The molecule has 0 bridgehead atoms. The summed E-state index contributed by atoms with van der Waals surface area (Å²) in [5.41, 5.74) is 0.889. The highest BCUT2D eigenvalue weighted by molar-refractivity contribution is 9.09. The van der Waals surface area contributed by atoms with Crippen LogP contribution >= 0.6 is 15.9 Å². The molecule has 1 atom stereocenters. The zero-order valence-corrected chi connectivity index (χ0v) is 11.9. The van der Waals surface area contributed by atoms with Crippen molar-refractivity contribution in [2.75, 3.05) is 19.0 Å². The van der Waals surface area contributed by atoms with Gasteiger partial charge in [-0.25, -0.2) is 4.79 Å².